The van der Waals surface area contributed by atoms with Crippen molar-refractivity contribution in [1.29, 1.82) is 0 Å². The van der Waals surface area contributed by atoms with Crippen molar-refractivity contribution < 1.29 is 13.2 Å². The van der Waals surface area contributed by atoms with Crippen LogP contribution in [0.2, 0.25) is 0 Å². The maximum Gasteiger partial charge on any atom is 0.290 e. The lowest BCUT2D eigenvalue weighted by Gasteiger charge is -2.40. The molecule has 3 aromatic rings. The Morgan fingerprint density at radius 1 is 1.21 bits per heavy atom. The quantitative estimate of drug-likeness (QED) is 0.495. The third-order valence-corrected chi connectivity index (χ3v) is 5.36. The number of alkyl halides is 2. The Labute approximate surface area is 165 Å². The lowest BCUT2D eigenvalue weighted by Crippen LogP contribution is -2.52. The summed E-state index contributed by atoms with van der Waals surface area (Å²) in [5.41, 5.74) is 1.17. The van der Waals surface area contributed by atoms with Gasteiger partial charge in [-0.1, -0.05) is 35.6 Å². The molecule has 1 saturated heterocycles. The molecule has 0 aliphatic carbocycles. The van der Waals surface area contributed by atoms with Gasteiger partial charge in [-0.15, -0.1) is 0 Å². The van der Waals surface area contributed by atoms with Crippen molar-refractivity contribution in [1.82, 2.24) is 14.5 Å². The molecule has 2 heterocycles. The van der Waals surface area contributed by atoms with Gasteiger partial charge in [0.25, 0.3) is 5.13 Å². The highest BCUT2D eigenvalue weighted by molar-refractivity contribution is 7.22. The first-order chi connectivity index (χ1) is 13.3. The molecule has 1 aromatic heterocycles. The number of hydrogen-bond acceptors (Lipinski definition) is 5. The van der Waals surface area contributed by atoms with E-state index in [-0.39, 0.29) is 24.2 Å². The van der Waals surface area contributed by atoms with Crippen molar-refractivity contribution in [3.05, 3.63) is 59.6 Å². The Morgan fingerprint density at radius 3 is 2.54 bits per heavy atom. The average molecular weight is 410 g/mol. The molecule has 0 radical (unpaired) electrons. The smallest absolute Gasteiger partial charge is 0.290 e. The second-order valence-corrected chi connectivity index (χ2v) is 7.61. The highest BCUT2D eigenvalue weighted by Crippen LogP contribution is 2.38. The van der Waals surface area contributed by atoms with E-state index in [0.29, 0.717) is 16.4 Å². The number of nitrogens with zero attached hydrogens (tertiary/aromatic N) is 3. The zero-order valence-electron chi connectivity index (χ0n) is 15.5. The summed E-state index contributed by atoms with van der Waals surface area (Å²) in [6, 6.07) is 14.5. The molecule has 9 heteroatoms. The molecular weight excluding hydrogens is 389 g/mol. The minimum Gasteiger partial charge on any atom is -0.623 e. The number of aromatic nitrogens is 1. The molecule has 5 nitrogen and oxygen atoms in total. The van der Waals surface area contributed by atoms with Crippen molar-refractivity contribution in [2.45, 2.75) is 19.5 Å². The van der Waals surface area contributed by atoms with Gasteiger partial charge in [0.15, 0.2) is 12.0 Å². The maximum atomic E-state index is 13.9. The summed E-state index contributed by atoms with van der Waals surface area (Å²) in [5.74, 6) is -0.387. The number of likely N-dealkylation sites (N-methyl/N-ethyl adjacent to an activating group) is 1. The van der Waals surface area contributed by atoms with Gasteiger partial charge in [0.05, 0.1) is 11.2 Å². The van der Waals surface area contributed by atoms with E-state index in [1.807, 2.05) is 42.3 Å². The molecule has 4 rings (SSSR count). The Bertz CT molecular complexity index is 921. The van der Waals surface area contributed by atoms with E-state index in [4.69, 9.17) is 0 Å². The first-order valence-electron chi connectivity index (χ1n) is 8.72. The van der Waals surface area contributed by atoms with Crippen LogP contribution in [-0.4, -0.2) is 42.7 Å². The van der Waals surface area contributed by atoms with Crippen molar-refractivity contribution in [3.63, 3.8) is 0 Å². The SMILES string of the molecule is CC(F)F.CN1CC(Nc2ccccc2)[N+]([O-])(c2nc3c(F)cccc3s2)C1. The third-order valence-electron chi connectivity index (χ3n) is 4.23. The molecule has 2 unspecified atom stereocenters. The highest BCUT2D eigenvalue weighted by Gasteiger charge is 2.42. The zero-order valence-corrected chi connectivity index (χ0v) is 16.3. The number of thiazole rings is 1. The molecule has 1 aliphatic rings. The van der Waals surface area contributed by atoms with Crippen molar-refractivity contribution >= 4 is 32.4 Å². The van der Waals surface area contributed by atoms with Crippen LogP contribution >= 0.6 is 11.3 Å². The van der Waals surface area contributed by atoms with Crippen LogP contribution in [0.4, 0.5) is 24.0 Å². The Kier molecular flexibility index (Phi) is 6.19. The van der Waals surface area contributed by atoms with Crippen LogP contribution < -0.4 is 9.96 Å². The molecule has 2 atom stereocenters. The number of quaternary nitrogens is 1. The first-order valence-corrected chi connectivity index (χ1v) is 9.54. The second-order valence-electron chi connectivity index (χ2n) is 6.60. The van der Waals surface area contributed by atoms with E-state index < -0.39 is 11.1 Å². The number of hydroxylamine groups is 2. The maximum absolute atomic E-state index is 13.9. The van der Waals surface area contributed by atoms with Crippen molar-refractivity contribution in [2.75, 3.05) is 25.6 Å². The standard InChI is InChI=1S/C17H17FN4OS.C2H4F2/c1-21-10-15(19-12-6-3-2-4-7-12)22(23,11-21)17-20-16-13(18)8-5-9-14(16)24-17;1-2(3)4/h2-9,15,19H,10-11H2,1H3;2H,1H3. The summed E-state index contributed by atoms with van der Waals surface area (Å²) in [5, 5.41) is 17.3. The average Bonchev–Trinajstić information content (AvgIpc) is 3.19. The van der Waals surface area contributed by atoms with Gasteiger partial charge in [-0.3, -0.25) is 9.55 Å². The van der Waals surface area contributed by atoms with Gasteiger partial charge in [0.2, 0.25) is 6.43 Å². The Balaban J connectivity index is 0.000000516. The van der Waals surface area contributed by atoms with Gasteiger partial charge in [0, 0.05) is 5.69 Å². The fourth-order valence-electron chi connectivity index (χ4n) is 3.08. The van der Waals surface area contributed by atoms with Crippen molar-refractivity contribution in [2.24, 2.45) is 0 Å². The molecule has 2 aromatic carbocycles. The summed E-state index contributed by atoms with van der Waals surface area (Å²) in [6.45, 7) is 1.71. The number of rotatable bonds is 3. The van der Waals surface area contributed by atoms with Crippen LogP contribution in [0, 0.1) is 11.0 Å². The monoisotopic (exact) mass is 410 g/mol. The molecular formula is C19H21F3N4OS. The lowest BCUT2D eigenvalue weighted by molar-refractivity contribution is 0.171. The Hall–Kier alpha value is -2.20. The third kappa shape index (κ3) is 4.44. The van der Waals surface area contributed by atoms with E-state index in [1.165, 1.54) is 17.4 Å². The first kappa shape index (κ1) is 20.5. The molecule has 0 amide bonds. The number of fused-ring (bicyclic) bond motifs is 1. The van der Waals surface area contributed by atoms with E-state index in [9.17, 15) is 18.4 Å². The summed E-state index contributed by atoms with van der Waals surface area (Å²) in [4.78, 5) is 6.30. The van der Waals surface area contributed by atoms with Gasteiger partial charge in [0.1, 0.15) is 12.2 Å². The van der Waals surface area contributed by atoms with E-state index in [0.717, 1.165) is 12.6 Å². The van der Waals surface area contributed by atoms with Gasteiger partial charge >= 0.3 is 0 Å². The molecule has 150 valence electrons. The molecule has 0 spiro atoms. The zero-order chi connectivity index (χ0) is 20.3. The highest BCUT2D eigenvalue weighted by atomic mass is 32.1. The van der Waals surface area contributed by atoms with Crippen LogP contribution in [0.3, 0.4) is 0 Å². The summed E-state index contributed by atoms with van der Waals surface area (Å²) in [7, 11) is 1.91. The van der Waals surface area contributed by atoms with Crippen LogP contribution in [-0.2, 0) is 0 Å². The number of hydrogen-bond donors (Lipinski definition) is 1. The summed E-state index contributed by atoms with van der Waals surface area (Å²) < 4.78 is 34.7. The molecule has 1 fully saturated rings. The summed E-state index contributed by atoms with van der Waals surface area (Å²) in [6.07, 6.45) is -2.55. The number of para-hydroxylation sites is 2. The fourth-order valence-corrected chi connectivity index (χ4v) is 4.14. The lowest BCUT2D eigenvalue weighted by atomic mass is 10.3. The number of halogens is 3. The Morgan fingerprint density at radius 2 is 1.89 bits per heavy atom. The van der Waals surface area contributed by atoms with Gasteiger partial charge in [-0.05, 0) is 38.2 Å². The molecule has 1 N–H and O–H groups in total. The molecule has 0 saturated carbocycles. The van der Waals surface area contributed by atoms with Gasteiger partial charge in [-0.2, -0.15) is 4.98 Å². The number of anilines is 1. The molecule has 1 aliphatic heterocycles. The van der Waals surface area contributed by atoms with Gasteiger partial charge < -0.3 is 10.5 Å². The second kappa shape index (κ2) is 8.44. The molecule has 0 bridgehead atoms. The predicted octanol–water partition coefficient (Wildman–Crippen LogP) is 4.85. The minimum absolute atomic E-state index is 0.277. The topological polar surface area (TPSA) is 51.2 Å². The van der Waals surface area contributed by atoms with Crippen LogP contribution in [0.1, 0.15) is 6.92 Å². The van der Waals surface area contributed by atoms with E-state index in [1.54, 1.807) is 12.1 Å². The van der Waals surface area contributed by atoms with Crippen LogP contribution in [0.5, 0.6) is 0 Å². The van der Waals surface area contributed by atoms with Crippen molar-refractivity contribution in [3.8, 4) is 0 Å². The predicted molar refractivity (Wildman–Crippen MR) is 108 cm³/mol. The van der Waals surface area contributed by atoms with Crippen LogP contribution in [0.25, 0.3) is 10.2 Å². The largest absolute Gasteiger partial charge is 0.623 e. The fraction of sp³-hybridized carbons (Fsp3) is 0.316. The number of nitrogens with one attached hydrogen (secondary N) is 1. The molecule has 28 heavy (non-hydrogen) atoms. The van der Waals surface area contributed by atoms with Crippen LogP contribution in [0.15, 0.2) is 48.5 Å². The number of benzene rings is 2. The summed E-state index contributed by atoms with van der Waals surface area (Å²) >= 11 is 1.27. The van der Waals surface area contributed by atoms with E-state index >= 15 is 0 Å². The minimum atomic E-state index is -2.17. The van der Waals surface area contributed by atoms with E-state index in [2.05, 4.69) is 10.3 Å². The van der Waals surface area contributed by atoms with Gasteiger partial charge in [-0.25, -0.2) is 13.2 Å². The normalized spacial score (nSPS) is 22.3.